The maximum absolute atomic E-state index is 5.19. The molecule has 1 N–H and O–H groups in total. The Labute approximate surface area is 127 Å². The van der Waals surface area contributed by atoms with E-state index >= 15 is 0 Å². The van der Waals surface area contributed by atoms with Crippen LogP contribution >= 0.6 is 0 Å². The zero-order chi connectivity index (χ0) is 15.1. The minimum absolute atomic E-state index is 0.345. The molecule has 1 aromatic heterocycles. The van der Waals surface area contributed by atoms with E-state index in [0.29, 0.717) is 6.04 Å². The molecular formula is C17H25N3O. The highest BCUT2D eigenvalue weighted by Crippen LogP contribution is 2.20. The Kier molecular flexibility index (Phi) is 5.81. The number of aromatic nitrogens is 2. The molecule has 0 spiro atoms. The zero-order valence-corrected chi connectivity index (χ0v) is 13.2. The van der Waals surface area contributed by atoms with Crippen LogP contribution in [-0.2, 0) is 13.0 Å². The van der Waals surface area contributed by atoms with Gasteiger partial charge in [-0.3, -0.25) is 4.68 Å². The molecule has 1 aromatic carbocycles. The van der Waals surface area contributed by atoms with Gasteiger partial charge in [-0.1, -0.05) is 19.1 Å². The molecule has 0 bridgehead atoms. The topological polar surface area (TPSA) is 39.1 Å². The maximum atomic E-state index is 5.19. The molecule has 0 aliphatic heterocycles. The molecule has 21 heavy (non-hydrogen) atoms. The van der Waals surface area contributed by atoms with E-state index in [9.17, 15) is 0 Å². The van der Waals surface area contributed by atoms with E-state index in [1.165, 1.54) is 11.1 Å². The molecular weight excluding hydrogens is 262 g/mol. The minimum atomic E-state index is 0.345. The molecule has 0 saturated heterocycles. The lowest BCUT2D eigenvalue weighted by Crippen LogP contribution is -2.16. The number of methoxy groups -OCH3 is 1. The van der Waals surface area contributed by atoms with Crippen LogP contribution in [0.3, 0.4) is 0 Å². The Hall–Kier alpha value is -1.81. The van der Waals surface area contributed by atoms with Gasteiger partial charge < -0.3 is 10.1 Å². The highest BCUT2D eigenvalue weighted by atomic mass is 16.5. The van der Waals surface area contributed by atoms with Crippen LogP contribution in [0, 0.1) is 0 Å². The molecule has 4 nitrogen and oxygen atoms in total. The normalized spacial score (nSPS) is 12.3. The van der Waals surface area contributed by atoms with E-state index in [4.69, 9.17) is 4.74 Å². The largest absolute Gasteiger partial charge is 0.497 e. The summed E-state index contributed by atoms with van der Waals surface area (Å²) in [6.07, 6.45) is 7.33. The summed E-state index contributed by atoms with van der Waals surface area (Å²) in [6.45, 7) is 3.15. The fourth-order valence-corrected chi connectivity index (χ4v) is 2.49. The lowest BCUT2D eigenvalue weighted by molar-refractivity contribution is 0.414. The van der Waals surface area contributed by atoms with Crippen LogP contribution in [0.4, 0.5) is 0 Å². The number of hydrogen-bond acceptors (Lipinski definition) is 3. The van der Waals surface area contributed by atoms with Crippen LogP contribution in [0.1, 0.15) is 36.9 Å². The van der Waals surface area contributed by atoms with Gasteiger partial charge in [-0.05, 0) is 44.0 Å². The molecule has 1 heterocycles. The van der Waals surface area contributed by atoms with Crippen LogP contribution in [0.5, 0.6) is 5.75 Å². The first-order valence-corrected chi connectivity index (χ1v) is 7.59. The standard InChI is InChI=1S/C17H25N3O/c1-4-11-20-13-15(12-19-20)17(18-2)10-7-14-5-8-16(21-3)9-6-14/h5-6,8-9,12-13,17-18H,4,7,10-11H2,1-3H3. The van der Waals surface area contributed by atoms with E-state index in [0.717, 1.165) is 31.6 Å². The van der Waals surface area contributed by atoms with Crippen molar-refractivity contribution >= 4 is 0 Å². The van der Waals surface area contributed by atoms with Crippen LogP contribution in [0.15, 0.2) is 36.7 Å². The maximum Gasteiger partial charge on any atom is 0.118 e. The van der Waals surface area contributed by atoms with Gasteiger partial charge >= 0.3 is 0 Å². The van der Waals surface area contributed by atoms with E-state index in [1.807, 2.05) is 30.1 Å². The first-order valence-electron chi connectivity index (χ1n) is 7.59. The molecule has 114 valence electrons. The van der Waals surface area contributed by atoms with Gasteiger partial charge in [0.15, 0.2) is 0 Å². The Morgan fingerprint density at radius 1 is 1.29 bits per heavy atom. The lowest BCUT2D eigenvalue weighted by atomic mass is 10.0. The summed E-state index contributed by atoms with van der Waals surface area (Å²) in [5.74, 6) is 0.907. The van der Waals surface area contributed by atoms with Gasteiger partial charge in [-0.15, -0.1) is 0 Å². The first-order chi connectivity index (χ1) is 10.3. The predicted octanol–water partition coefficient (Wildman–Crippen LogP) is 3.20. The zero-order valence-electron chi connectivity index (χ0n) is 13.2. The molecule has 0 saturated carbocycles. The van der Waals surface area contributed by atoms with E-state index in [2.05, 4.69) is 35.7 Å². The van der Waals surface area contributed by atoms with Crippen molar-refractivity contribution in [1.29, 1.82) is 0 Å². The van der Waals surface area contributed by atoms with E-state index in [1.54, 1.807) is 7.11 Å². The molecule has 0 aliphatic rings. The second kappa shape index (κ2) is 7.84. The highest BCUT2D eigenvalue weighted by molar-refractivity contribution is 5.27. The molecule has 1 atom stereocenters. The quantitative estimate of drug-likeness (QED) is 0.810. The van der Waals surface area contributed by atoms with Crippen LogP contribution in [-0.4, -0.2) is 23.9 Å². The third kappa shape index (κ3) is 4.33. The van der Waals surface area contributed by atoms with Crippen molar-refractivity contribution < 1.29 is 4.74 Å². The summed E-state index contributed by atoms with van der Waals surface area (Å²) in [6, 6.07) is 8.64. The smallest absolute Gasteiger partial charge is 0.118 e. The SMILES string of the molecule is CCCn1cc(C(CCc2ccc(OC)cc2)NC)cn1. The number of nitrogens with zero attached hydrogens (tertiary/aromatic N) is 2. The fourth-order valence-electron chi connectivity index (χ4n) is 2.49. The average Bonchev–Trinajstić information content (AvgIpc) is 2.97. The Bertz CT molecular complexity index is 533. The highest BCUT2D eigenvalue weighted by Gasteiger charge is 2.11. The number of aryl methyl sites for hydroxylation is 2. The summed E-state index contributed by atoms with van der Waals surface area (Å²) >= 11 is 0. The molecule has 0 amide bonds. The Morgan fingerprint density at radius 2 is 2.05 bits per heavy atom. The second-order valence-electron chi connectivity index (χ2n) is 5.26. The first kappa shape index (κ1) is 15.6. The fraction of sp³-hybridized carbons (Fsp3) is 0.471. The van der Waals surface area contributed by atoms with Gasteiger partial charge in [0.05, 0.1) is 13.3 Å². The van der Waals surface area contributed by atoms with Crippen molar-refractivity contribution in [3.63, 3.8) is 0 Å². The van der Waals surface area contributed by atoms with Gasteiger partial charge in [0.25, 0.3) is 0 Å². The third-order valence-electron chi connectivity index (χ3n) is 3.74. The molecule has 0 radical (unpaired) electrons. The van der Waals surface area contributed by atoms with Crippen molar-refractivity contribution in [2.24, 2.45) is 0 Å². The summed E-state index contributed by atoms with van der Waals surface area (Å²) < 4.78 is 7.21. The minimum Gasteiger partial charge on any atom is -0.497 e. The molecule has 0 fully saturated rings. The van der Waals surface area contributed by atoms with Gasteiger partial charge in [0.1, 0.15) is 5.75 Å². The monoisotopic (exact) mass is 287 g/mol. The van der Waals surface area contributed by atoms with Crippen LogP contribution in [0.25, 0.3) is 0 Å². The summed E-state index contributed by atoms with van der Waals surface area (Å²) in [4.78, 5) is 0. The number of benzene rings is 1. The van der Waals surface area contributed by atoms with Crippen LogP contribution in [0.2, 0.25) is 0 Å². The predicted molar refractivity (Wildman–Crippen MR) is 85.6 cm³/mol. The number of nitrogens with one attached hydrogen (secondary N) is 1. The van der Waals surface area contributed by atoms with E-state index in [-0.39, 0.29) is 0 Å². The lowest BCUT2D eigenvalue weighted by Gasteiger charge is -2.14. The number of hydrogen-bond donors (Lipinski definition) is 1. The third-order valence-corrected chi connectivity index (χ3v) is 3.74. The summed E-state index contributed by atoms with van der Waals surface area (Å²) in [5.41, 5.74) is 2.59. The van der Waals surface area contributed by atoms with Gasteiger partial charge in [-0.2, -0.15) is 5.10 Å². The van der Waals surface area contributed by atoms with Gasteiger partial charge in [0.2, 0.25) is 0 Å². The molecule has 2 rings (SSSR count). The number of ether oxygens (including phenoxy) is 1. The summed E-state index contributed by atoms with van der Waals surface area (Å²) in [5, 5.41) is 7.80. The van der Waals surface area contributed by atoms with Crippen molar-refractivity contribution in [2.75, 3.05) is 14.2 Å². The van der Waals surface area contributed by atoms with Crippen molar-refractivity contribution in [3.05, 3.63) is 47.8 Å². The molecule has 2 aromatic rings. The molecule has 4 heteroatoms. The Morgan fingerprint density at radius 3 is 2.67 bits per heavy atom. The van der Waals surface area contributed by atoms with Gasteiger partial charge in [0, 0.05) is 24.3 Å². The second-order valence-corrected chi connectivity index (χ2v) is 5.26. The molecule has 0 aliphatic carbocycles. The Balaban J connectivity index is 1.94. The average molecular weight is 287 g/mol. The van der Waals surface area contributed by atoms with Crippen LogP contribution < -0.4 is 10.1 Å². The van der Waals surface area contributed by atoms with Gasteiger partial charge in [-0.25, -0.2) is 0 Å². The summed E-state index contributed by atoms with van der Waals surface area (Å²) in [7, 11) is 3.70. The van der Waals surface area contributed by atoms with Crippen molar-refractivity contribution in [2.45, 2.75) is 38.8 Å². The van der Waals surface area contributed by atoms with Crippen molar-refractivity contribution in [1.82, 2.24) is 15.1 Å². The van der Waals surface area contributed by atoms with Crippen molar-refractivity contribution in [3.8, 4) is 5.75 Å². The van der Waals surface area contributed by atoms with E-state index < -0.39 is 0 Å². The molecule has 1 unspecified atom stereocenters. The number of rotatable bonds is 8.